The topological polar surface area (TPSA) is 32.7 Å². The van der Waals surface area contributed by atoms with Crippen molar-refractivity contribution in [3.63, 3.8) is 0 Å². The van der Waals surface area contributed by atoms with E-state index in [0.717, 1.165) is 15.7 Å². The Hall–Kier alpha value is -0.650. The molecule has 2 atom stereocenters. The zero-order chi connectivity index (χ0) is 12.8. The van der Waals surface area contributed by atoms with Crippen LogP contribution >= 0.6 is 15.9 Å². The number of fused-ring (bicyclic) bond motifs is 3. The Morgan fingerprint density at radius 2 is 2.39 bits per heavy atom. The fourth-order valence-corrected chi connectivity index (χ4v) is 3.22. The van der Waals surface area contributed by atoms with E-state index in [1.54, 1.807) is 0 Å². The van der Waals surface area contributed by atoms with Crippen molar-refractivity contribution < 1.29 is 14.2 Å². The predicted molar refractivity (Wildman–Crippen MR) is 70.7 cm³/mol. The summed E-state index contributed by atoms with van der Waals surface area (Å²) in [6, 6.07) is 5.47. The summed E-state index contributed by atoms with van der Waals surface area (Å²) in [5.74, 6) is 0. The molecule has 98 valence electrons. The number of hydrogen-bond donors (Lipinski definition) is 1. The first-order valence-corrected chi connectivity index (χ1v) is 6.86. The molecule has 1 saturated heterocycles. The molecule has 0 spiro atoms. The Bertz CT molecular complexity index is 470. The van der Waals surface area contributed by atoms with Gasteiger partial charge in [-0.25, -0.2) is 4.39 Å². The van der Waals surface area contributed by atoms with Gasteiger partial charge in [0, 0.05) is 23.1 Å². The monoisotopic (exact) mass is 315 g/mol. The molecule has 0 unspecified atom stereocenters. The van der Waals surface area contributed by atoms with Crippen molar-refractivity contribution in [1.82, 2.24) is 0 Å². The lowest BCUT2D eigenvalue weighted by Gasteiger charge is -2.48. The maximum absolute atomic E-state index is 14.8. The van der Waals surface area contributed by atoms with Gasteiger partial charge in [0.05, 0.1) is 25.9 Å². The van der Waals surface area contributed by atoms with Crippen LogP contribution in [0.1, 0.15) is 5.56 Å². The third-order valence-electron chi connectivity index (χ3n) is 3.83. The largest absolute Gasteiger partial charge is 0.393 e. The summed E-state index contributed by atoms with van der Waals surface area (Å²) < 4.78 is 21.2. The molecule has 3 nitrogen and oxygen atoms in total. The number of ether oxygens (including phenoxy) is 1. The van der Waals surface area contributed by atoms with Crippen molar-refractivity contribution in [3.05, 3.63) is 28.2 Å². The van der Waals surface area contributed by atoms with E-state index in [-0.39, 0.29) is 6.42 Å². The second kappa shape index (κ2) is 4.47. The van der Waals surface area contributed by atoms with Crippen LogP contribution in [0.15, 0.2) is 22.7 Å². The molecule has 0 radical (unpaired) electrons. The lowest BCUT2D eigenvalue weighted by molar-refractivity contribution is -0.0173. The maximum atomic E-state index is 14.8. The first-order chi connectivity index (χ1) is 8.64. The molecule has 0 saturated carbocycles. The second-order valence-corrected chi connectivity index (χ2v) is 5.84. The lowest BCUT2D eigenvalue weighted by Crippen LogP contribution is -2.62. The number of anilines is 1. The van der Waals surface area contributed by atoms with Crippen LogP contribution in [0.25, 0.3) is 0 Å². The second-order valence-electron chi connectivity index (χ2n) is 4.93. The van der Waals surface area contributed by atoms with Crippen molar-refractivity contribution in [3.8, 4) is 0 Å². The minimum atomic E-state index is -1.61. The van der Waals surface area contributed by atoms with E-state index in [4.69, 9.17) is 4.74 Å². The fourth-order valence-electron chi connectivity index (χ4n) is 2.87. The van der Waals surface area contributed by atoms with Crippen LogP contribution in [0.3, 0.4) is 0 Å². The average Bonchev–Trinajstić information content (AvgIpc) is 2.40. The Morgan fingerprint density at radius 1 is 1.56 bits per heavy atom. The van der Waals surface area contributed by atoms with Gasteiger partial charge in [0.1, 0.15) is 0 Å². The van der Waals surface area contributed by atoms with Crippen molar-refractivity contribution in [1.29, 1.82) is 0 Å². The third kappa shape index (κ3) is 1.85. The van der Waals surface area contributed by atoms with Crippen LogP contribution in [0.2, 0.25) is 0 Å². The van der Waals surface area contributed by atoms with Crippen LogP contribution in [0.4, 0.5) is 10.1 Å². The van der Waals surface area contributed by atoms with E-state index < -0.39 is 18.3 Å². The van der Waals surface area contributed by atoms with Crippen molar-refractivity contribution in [2.75, 3.05) is 31.3 Å². The number of nitrogens with zero attached hydrogens (tertiary/aromatic N) is 1. The van der Waals surface area contributed by atoms with E-state index in [1.807, 2.05) is 23.1 Å². The highest BCUT2D eigenvalue weighted by Gasteiger charge is 2.48. The molecule has 2 aliphatic rings. The molecule has 2 aliphatic heterocycles. The van der Waals surface area contributed by atoms with Gasteiger partial charge in [-0.1, -0.05) is 22.0 Å². The summed E-state index contributed by atoms with van der Waals surface area (Å²) in [6.07, 6.45) is 0.247. The van der Waals surface area contributed by atoms with E-state index >= 15 is 0 Å². The number of morpholine rings is 1. The molecule has 0 amide bonds. The number of hydrogen-bond acceptors (Lipinski definition) is 3. The van der Waals surface area contributed by atoms with Gasteiger partial charge < -0.3 is 14.7 Å². The Labute approximate surface area is 114 Å². The molecule has 2 heterocycles. The minimum Gasteiger partial charge on any atom is -0.393 e. The highest BCUT2D eigenvalue weighted by atomic mass is 79.9. The van der Waals surface area contributed by atoms with Crippen LogP contribution in [-0.4, -0.2) is 43.2 Å². The van der Waals surface area contributed by atoms with Gasteiger partial charge in [0.15, 0.2) is 5.67 Å². The Morgan fingerprint density at radius 3 is 3.17 bits per heavy atom. The highest BCUT2D eigenvalue weighted by molar-refractivity contribution is 9.10. The van der Waals surface area contributed by atoms with Gasteiger partial charge in [-0.3, -0.25) is 0 Å². The van der Waals surface area contributed by atoms with Gasteiger partial charge in [-0.05, 0) is 17.7 Å². The number of aliphatic hydroxyl groups is 1. The highest BCUT2D eigenvalue weighted by Crippen LogP contribution is 2.40. The summed E-state index contributed by atoms with van der Waals surface area (Å²) in [4.78, 5) is 2.03. The first-order valence-electron chi connectivity index (χ1n) is 6.07. The molecule has 18 heavy (non-hydrogen) atoms. The number of alkyl halides is 1. The molecule has 1 aromatic carbocycles. The minimum absolute atomic E-state index is 0.247. The summed E-state index contributed by atoms with van der Waals surface area (Å²) >= 11 is 3.45. The molecule has 0 bridgehead atoms. The summed E-state index contributed by atoms with van der Waals surface area (Å²) in [7, 11) is 0. The third-order valence-corrected chi connectivity index (χ3v) is 4.32. The summed E-state index contributed by atoms with van der Waals surface area (Å²) in [5.41, 5.74) is 0.397. The molecule has 3 rings (SSSR count). The fraction of sp³-hybridized carbons (Fsp3) is 0.538. The molecule has 1 aromatic rings. The molecular formula is C13H15BrFNO2. The number of rotatable bonds is 1. The predicted octanol–water partition coefficient (Wildman–Crippen LogP) is 1.91. The van der Waals surface area contributed by atoms with Gasteiger partial charge in [0.2, 0.25) is 0 Å². The summed E-state index contributed by atoms with van der Waals surface area (Å²) in [5, 5.41) is 9.40. The SMILES string of the molecule is OC[C@]1(F)Cc2ccc(Br)cc2N2CCOC[C@@H]21. The van der Waals surface area contributed by atoms with Gasteiger partial charge in [0.25, 0.3) is 0 Å². The lowest BCUT2D eigenvalue weighted by atomic mass is 9.83. The Kier molecular flexibility index (Phi) is 3.08. The van der Waals surface area contributed by atoms with Crippen molar-refractivity contribution >= 4 is 21.6 Å². The first kappa shape index (κ1) is 12.4. The van der Waals surface area contributed by atoms with E-state index in [9.17, 15) is 9.50 Å². The van der Waals surface area contributed by atoms with E-state index in [2.05, 4.69) is 15.9 Å². The average molecular weight is 316 g/mol. The van der Waals surface area contributed by atoms with Gasteiger partial charge >= 0.3 is 0 Å². The van der Waals surface area contributed by atoms with Crippen LogP contribution in [0.5, 0.6) is 0 Å². The van der Waals surface area contributed by atoms with Crippen LogP contribution in [-0.2, 0) is 11.2 Å². The zero-order valence-electron chi connectivity index (χ0n) is 9.90. The maximum Gasteiger partial charge on any atom is 0.160 e. The molecule has 0 aromatic heterocycles. The number of halogens is 2. The van der Waals surface area contributed by atoms with Gasteiger partial charge in [-0.2, -0.15) is 0 Å². The van der Waals surface area contributed by atoms with Crippen LogP contribution < -0.4 is 4.90 Å². The van der Waals surface area contributed by atoms with Gasteiger partial charge in [-0.15, -0.1) is 0 Å². The number of aliphatic hydroxyl groups excluding tert-OH is 1. The molecule has 0 aliphatic carbocycles. The molecule has 1 fully saturated rings. The van der Waals surface area contributed by atoms with Crippen molar-refractivity contribution in [2.24, 2.45) is 0 Å². The smallest absolute Gasteiger partial charge is 0.160 e. The van der Waals surface area contributed by atoms with Crippen molar-refractivity contribution in [2.45, 2.75) is 18.1 Å². The summed E-state index contributed by atoms with van der Waals surface area (Å²) in [6.45, 7) is 1.14. The zero-order valence-corrected chi connectivity index (χ0v) is 11.5. The van der Waals surface area contributed by atoms with Crippen LogP contribution in [0, 0.1) is 0 Å². The molecule has 1 N–H and O–H groups in total. The molecule has 5 heteroatoms. The van der Waals surface area contributed by atoms with E-state index in [1.165, 1.54) is 0 Å². The Balaban J connectivity index is 2.08. The van der Waals surface area contributed by atoms with E-state index in [0.29, 0.717) is 19.8 Å². The number of benzene rings is 1. The standard InChI is InChI=1S/C13H15BrFNO2/c14-10-2-1-9-6-13(15,8-17)12-7-18-4-3-16(12)11(9)5-10/h1-2,5,12,17H,3-4,6-8H2/t12-,13-/m1/s1. The normalized spacial score (nSPS) is 30.8. The quantitative estimate of drug-likeness (QED) is 0.859. The molecular weight excluding hydrogens is 301 g/mol.